The number of rotatable bonds is 4. The molecule has 1 aliphatic carbocycles. The Balaban J connectivity index is 1.06. The maximum absolute atomic E-state index is 6.69. The zero-order valence-corrected chi connectivity index (χ0v) is 35.6. The summed E-state index contributed by atoms with van der Waals surface area (Å²) in [4.78, 5) is 21.2. The van der Waals surface area contributed by atoms with Crippen LogP contribution in [0.15, 0.2) is 206 Å². The van der Waals surface area contributed by atoms with Gasteiger partial charge < -0.3 is 4.74 Å². The van der Waals surface area contributed by atoms with E-state index in [0.29, 0.717) is 17.5 Å². The smallest absolute Gasteiger partial charge is 0.165 e. The quantitative estimate of drug-likeness (QED) is 0.165. The van der Waals surface area contributed by atoms with E-state index in [1.807, 2.05) is 18.2 Å². The molecule has 2 aliphatic rings. The molecule has 0 unspecified atom stereocenters. The summed E-state index contributed by atoms with van der Waals surface area (Å²) in [5.41, 5.74) is 12.2. The lowest BCUT2D eigenvalue weighted by atomic mass is 9.66. The summed E-state index contributed by atoms with van der Waals surface area (Å²) in [5, 5.41) is 5.65. The number of benzene rings is 9. The van der Waals surface area contributed by atoms with Crippen molar-refractivity contribution >= 4 is 53.2 Å². The number of hydrogen-bond donors (Lipinski definition) is 0. The van der Waals surface area contributed by atoms with Gasteiger partial charge in [-0.3, -0.25) is 0 Å². The lowest BCUT2D eigenvalue weighted by Crippen LogP contribution is -2.32. The number of ether oxygens (including phenoxy) is 1. The minimum Gasteiger partial charge on any atom is -0.457 e. The standard InChI is InChI=1S/C59H34N4OS/c1-3-16-35(17-4-1)54-45-33-43-38-20-7-9-24-46(38)59(47-25-10-12-27-51(47)64-52-28-13-11-26-48(52)59)49(43)34-42(45)44-32-37(30-31-50(44)60-54)57-61-56(36-18-5-2-6-19-36)62-58(63-57)41-23-15-22-40-39-21-8-14-29-53(39)65-55(40)41/h1-34H. The Labute approximate surface area is 378 Å². The largest absolute Gasteiger partial charge is 0.457 e. The topological polar surface area (TPSA) is 60.8 Å². The Bertz CT molecular complexity index is 3890. The molecule has 0 bridgehead atoms. The molecule has 4 heterocycles. The normalized spacial score (nSPS) is 13.2. The highest BCUT2D eigenvalue weighted by molar-refractivity contribution is 7.26. The predicted octanol–water partition coefficient (Wildman–Crippen LogP) is 15.1. The van der Waals surface area contributed by atoms with Crippen LogP contribution in [0.5, 0.6) is 11.5 Å². The maximum atomic E-state index is 6.69. The molecule has 1 spiro atoms. The summed E-state index contributed by atoms with van der Waals surface area (Å²) in [6, 6.07) is 73.0. The molecule has 3 aromatic heterocycles. The van der Waals surface area contributed by atoms with Crippen LogP contribution in [0.25, 0.3) is 98.4 Å². The highest BCUT2D eigenvalue weighted by atomic mass is 32.1. The fraction of sp³-hybridized carbons (Fsp3) is 0.0169. The molecule has 65 heavy (non-hydrogen) atoms. The molecule has 6 heteroatoms. The van der Waals surface area contributed by atoms with Crippen molar-refractivity contribution in [1.82, 2.24) is 19.9 Å². The third kappa shape index (κ3) is 5.26. The Morgan fingerprint density at radius 3 is 1.75 bits per heavy atom. The van der Waals surface area contributed by atoms with Crippen molar-refractivity contribution in [2.24, 2.45) is 0 Å². The molecular formula is C59H34N4OS. The van der Waals surface area contributed by atoms with E-state index in [1.54, 1.807) is 11.3 Å². The number of thiophene rings is 1. The third-order valence-electron chi connectivity index (χ3n) is 13.4. The van der Waals surface area contributed by atoms with Crippen molar-refractivity contribution in [1.29, 1.82) is 0 Å². The molecular weight excluding hydrogens is 813 g/mol. The van der Waals surface area contributed by atoms with Gasteiger partial charge in [-0.05, 0) is 82.2 Å². The van der Waals surface area contributed by atoms with E-state index < -0.39 is 5.41 Å². The van der Waals surface area contributed by atoms with Crippen molar-refractivity contribution < 1.29 is 4.74 Å². The van der Waals surface area contributed by atoms with Crippen LogP contribution in [0.1, 0.15) is 22.3 Å². The minimum atomic E-state index is -0.618. The molecule has 0 fully saturated rings. The molecule has 0 radical (unpaired) electrons. The molecule has 1 aliphatic heterocycles. The SMILES string of the molecule is c1ccc(-c2nc(-c3ccc4nc(-c5ccccc5)c5cc6c(cc5c4c3)C3(c4ccccc4Oc4ccccc43)c3ccccc3-6)nc(-c3cccc4c3sc3ccccc34)n2)cc1. The van der Waals surface area contributed by atoms with Gasteiger partial charge in [0.15, 0.2) is 17.5 Å². The predicted molar refractivity (Wildman–Crippen MR) is 265 cm³/mol. The van der Waals surface area contributed by atoms with E-state index in [4.69, 9.17) is 24.7 Å². The summed E-state index contributed by atoms with van der Waals surface area (Å²) in [7, 11) is 0. The first kappa shape index (κ1) is 36.2. The first-order chi connectivity index (χ1) is 32.2. The van der Waals surface area contributed by atoms with Gasteiger partial charge in [0.2, 0.25) is 0 Å². The molecule has 0 saturated carbocycles. The maximum Gasteiger partial charge on any atom is 0.165 e. The summed E-state index contributed by atoms with van der Waals surface area (Å²) < 4.78 is 9.08. The van der Waals surface area contributed by atoms with E-state index in [-0.39, 0.29) is 0 Å². The van der Waals surface area contributed by atoms with E-state index in [2.05, 4.69) is 188 Å². The second-order valence-corrected chi connectivity index (χ2v) is 17.9. The number of hydrogen-bond acceptors (Lipinski definition) is 6. The van der Waals surface area contributed by atoms with Crippen LogP contribution < -0.4 is 4.74 Å². The Morgan fingerprint density at radius 1 is 0.354 bits per heavy atom. The van der Waals surface area contributed by atoms with Gasteiger partial charge in [0, 0.05) is 64.3 Å². The zero-order valence-electron chi connectivity index (χ0n) is 34.7. The van der Waals surface area contributed by atoms with E-state index >= 15 is 0 Å². The van der Waals surface area contributed by atoms with Gasteiger partial charge in [-0.25, -0.2) is 19.9 Å². The Hall–Kier alpha value is -8.32. The van der Waals surface area contributed by atoms with Crippen LogP contribution in [0.3, 0.4) is 0 Å². The fourth-order valence-corrected chi connectivity index (χ4v) is 11.8. The van der Waals surface area contributed by atoms with E-state index in [1.165, 1.54) is 37.7 Å². The van der Waals surface area contributed by atoms with Crippen molar-refractivity contribution in [2.75, 3.05) is 0 Å². The average Bonchev–Trinajstić information content (AvgIpc) is 3.89. The first-order valence-corrected chi connectivity index (χ1v) is 22.7. The summed E-state index contributed by atoms with van der Waals surface area (Å²) in [6.07, 6.45) is 0. The minimum absolute atomic E-state index is 0.603. The Kier molecular flexibility index (Phi) is 7.71. The zero-order chi connectivity index (χ0) is 42.6. The van der Waals surface area contributed by atoms with E-state index in [0.717, 1.165) is 76.9 Å². The van der Waals surface area contributed by atoms with Gasteiger partial charge in [0.25, 0.3) is 0 Å². The van der Waals surface area contributed by atoms with Gasteiger partial charge in [-0.1, -0.05) is 152 Å². The molecule has 0 N–H and O–H groups in total. The molecule has 14 rings (SSSR count). The second kappa shape index (κ2) is 13.8. The highest BCUT2D eigenvalue weighted by Gasteiger charge is 2.51. The van der Waals surface area contributed by atoms with Crippen molar-refractivity contribution in [3.8, 4) is 68.0 Å². The Morgan fingerprint density at radius 2 is 0.969 bits per heavy atom. The molecule has 5 nitrogen and oxygen atoms in total. The molecule has 0 atom stereocenters. The van der Waals surface area contributed by atoms with Crippen molar-refractivity contribution in [2.45, 2.75) is 5.41 Å². The van der Waals surface area contributed by atoms with Gasteiger partial charge in [-0.2, -0.15) is 0 Å². The van der Waals surface area contributed by atoms with Crippen LogP contribution in [0, 0.1) is 0 Å². The van der Waals surface area contributed by atoms with Crippen LogP contribution in [0.4, 0.5) is 0 Å². The summed E-state index contributed by atoms with van der Waals surface area (Å²) in [6.45, 7) is 0. The average molecular weight is 847 g/mol. The molecule has 0 saturated heterocycles. The van der Waals surface area contributed by atoms with Gasteiger partial charge >= 0.3 is 0 Å². The monoisotopic (exact) mass is 846 g/mol. The second-order valence-electron chi connectivity index (χ2n) is 16.8. The lowest BCUT2D eigenvalue weighted by Gasteiger charge is -2.39. The van der Waals surface area contributed by atoms with E-state index in [9.17, 15) is 0 Å². The van der Waals surface area contributed by atoms with Gasteiger partial charge in [0.1, 0.15) is 11.5 Å². The molecule has 0 amide bonds. The highest BCUT2D eigenvalue weighted by Crippen LogP contribution is 2.63. The van der Waals surface area contributed by atoms with Gasteiger partial charge in [0.05, 0.1) is 16.6 Å². The van der Waals surface area contributed by atoms with Crippen LogP contribution in [-0.4, -0.2) is 19.9 Å². The van der Waals surface area contributed by atoms with Crippen LogP contribution in [-0.2, 0) is 5.41 Å². The molecule has 12 aromatic rings. The number of pyridine rings is 1. The van der Waals surface area contributed by atoms with Crippen molar-refractivity contribution in [3.05, 3.63) is 229 Å². The fourth-order valence-electron chi connectivity index (χ4n) is 10.6. The summed E-state index contributed by atoms with van der Waals surface area (Å²) >= 11 is 1.78. The number of para-hydroxylation sites is 2. The van der Waals surface area contributed by atoms with Crippen LogP contribution in [0.2, 0.25) is 0 Å². The first-order valence-electron chi connectivity index (χ1n) is 21.9. The van der Waals surface area contributed by atoms with Crippen molar-refractivity contribution in [3.63, 3.8) is 0 Å². The third-order valence-corrected chi connectivity index (χ3v) is 14.6. The molecule has 9 aromatic carbocycles. The number of aromatic nitrogens is 4. The lowest BCUT2D eigenvalue weighted by molar-refractivity contribution is 0.436. The number of nitrogens with zero attached hydrogens (tertiary/aromatic N) is 4. The molecule has 302 valence electrons. The summed E-state index contributed by atoms with van der Waals surface area (Å²) in [5.74, 6) is 3.61. The van der Waals surface area contributed by atoms with Crippen LogP contribution >= 0.6 is 11.3 Å². The number of fused-ring (bicyclic) bond motifs is 15. The van der Waals surface area contributed by atoms with Gasteiger partial charge in [-0.15, -0.1) is 11.3 Å².